The molecule has 0 fully saturated rings. The van der Waals surface area contributed by atoms with E-state index in [-0.39, 0.29) is 0 Å². The molecule has 0 saturated carbocycles. The van der Waals surface area contributed by atoms with E-state index in [1.165, 1.54) is 5.56 Å². The minimum atomic E-state index is 0.587. The monoisotopic (exact) mass is 260 g/mol. The average molecular weight is 261 g/mol. The van der Waals surface area contributed by atoms with Crippen LogP contribution in [0.1, 0.15) is 16.7 Å². The van der Waals surface area contributed by atoms with Gasteiger partial charge in [0.1, 0.15) is 0 Å². The predicted octanol–water partition coefficient (Wildman–Crippen LogP) is 3.72. The van der Waals surface area contributed by atoms with Gasteiger partial charge in [-0.3, -0.25) is 0 Å². The Morgan fingerprint density at radius 3 is 2.33 bits per heavy atom. The van der Waals surface area contributed by atoms with Crippen molar-refractivity contribution >= 4 is 17.3 Å². The van der Waals surface area contributed by atoms with Crippen LogP contribution >= 0.6 is 11.6 Å². The lowest BCUT2D eigenvalue weighted by Gasteiger charge is -2.10. The summed E-state index contributed by atoms with van der Waals surface area (Å²) in [6.45, 7) is 3.43. The first-order valence-electron chi connectivity index (χ1n) is 5.97. The van der Waals surface area contributed by atoms with Crippen LogP contribution in [0.2, 0.25) is 5.02 Å². The molecule has 2 aromatic rings. The van der Waals surface area contributed by atoms with Gasteiger partial charge >= 0.3 is 0 Å². The van der Waals surface area contributed by atoms with Crippen molar-refractivity contribution in [1.82, 2.24) is 0 Å². The van der Waals surface area contributed by atoms with Crippen molar-refractivity contribution in [1.29, 1.82) is 0 Å². The summed E-state index contributed by atoms with van der Waals surface area (Å²) in [4.78, 5) is 0. The lowest BCUT2D eigenvalue weighted by Crippen LogP contribution is -2.02. The fourth-order valence-electron chi connectivity index (χ4n) is 1.82. The van der Waals surface area contributed by atoms with Gasteiger partial charge in [0.25, 0.3) is 0 Å². The topological polar surface area (TPSA) is 38.0 Å². The van der Waals surface area contributed by atoms with Crippen LogP contribution in [-0.4, -0.2) is 0 Å². The second-order valence-electron chi connectivity index (χ2n) is 4.33. The van der Waals surface area contributed by atoms with Gasteiger partial charge in [0, 0.05) is 23.8 Å². The van der Waals surface area contributed by atoms with E-state index in [0.717, 1.165) is 28.4 Å². The highest BCUT2D eigenvalue weighted by Gasteiger charge is 1.99. The fourth-order valence-corrected chi connectivity index (χ4v) is 2.04. The van der Waals surface area contributed by atoms with Crippen LogP contribution in [0.4, 0.5) is 5.69 Å². The fraction of sp³-hybridized carbons (Fsp3) is 0.200. The van der Waals surface area contributed by atoms with Crippen LogP contribution in [0.25, 0.3) is 0 Å². The first-order valence-corrected chi connectivity index (χ1v) is 6.35. The average Bonchev–Trinajstić information content (AvgIpc) is 2.38. The first-order chi connectivity index (χ1) is 8.69. The molecule has 0 bridgehead atoms. The molecule has 94 valence electrons. The maximum atomic E-state index is 5.93. The molecule has 3 N–H and O–H groups in total. The molecule has 2 nitrogen and oxygen atoms in total. The Balaban J connectivity index is 2.02. The van der Waals surface area contributed by atoms with Gasteiger partial charge in [-0.25, -0.2) is 0 Å². The molecular weight excluding hydrogens is 244 g/mol. The highest BCUT2D eigenvalue weighted by atomic mass is 35.5. The van der Waals surface area contributed by atoms with E-state index in [2.05, 4.69) is 29.6 Å². The molecule has 3 heteroatoms. The number of nitrogens with one attached hydrogen (secondary N) is 1. The quantitative estimate of drug-likeness (QED) is 0.879. The molecule has 18 heavy (non-hydrogen) atoms. The highest BCUT2D eigenvalue weighted by Crippen LogP contribution is 2.20. The number of aryl methyl sites for hydroxylation is 1. The standard InChI is InChI=1S/C15H17ClN2/c1-11-8-14(16)6-7-15(11)18-10-13-4-2-12(9-17)3-5-13/h2-8,18H,9-10,17H2,1H3. The zero-order valence-electron chi connectivity index (χ0n) is 10.4. The number of benzene rings is 2. The highest BCUT2D eigenvalue weighted by molar-refractivity contribution is 6.30. The van der Waals surface area contributed by atoms with Gasteiger partial charge in [-0.05, 0) is 41.8 Å². The maximum Gasteiger partial charge on any atom is 0.0410 e. The Morgan fingerprint density at radius 2 is 1.72 bits per heavy atom. The largest absolute Gasteiger partial charge is 0.381 e. The van der Waals surface area contributed by atoms with Crippen LogP contribution in [-0.2, 0) is 13.1 Å². The molecule has 2 aromatic carbocycles. The summed E-state index contributed by atoms with van der Waals surface area (Å²) >= 11 is 5.93. The van der Waals surface area contributed by atoms with Crippen LogP contribution in [0.15, 0.2) is 42.5 Å². The minimum Gasteiger partial charge on any atom is -0.381 e. The van der Waals surface area contributed by atoms with Crippen LogP contribution in [0.5, 0.6) is 0 Å². The number of rotatable bonds is 4. The summed E-state index contributed by atoms with van der Waals surface area (Å²) in [5, 5.41) is 4.17. The van der Waals surface area contributed by atoms with Crippen LogP contribution < -0.4 is 11.1 Å². The zero-order chi connectivity index (χ0) is 13.0. The summed E-state index contributed by atoms with van der Waals surface area (Å²) in [7, 11) is 0. The molecule has 0 heterocycles. The van der Waals surface area contributed by atoms with E-state index >= 15 is 0 Å². The maximum absolute atomic E-state index is 5.93. The zero-order valence-corrected chi connectivity index (χ0v) is 11.2. The van der Waals surface area contributed by atoms with Gasteiger partial charge in [-0.15, -0.1) is 0 Å². The molecule has 2 rings (SSSR count). The summed E-state index contributed by atoms with van der Waals surface area (Å²) in [5.41, 5.74) is 10.2. The van der Waals surface area contributed by atoms with Crippen molar-refractivity contribution in [2.24, 2.45) is 5.73 Å². The third-order valence-electron chi connectivity index (χ3n) is 2.93. The summed E-state index contributed by atoms with van der Waals surface area (Å²) < 4.78 is 0. The summed E-state index contributed by atoms with van der Waals surface area (Å²) in [5.74, 6) is 0. The predicted molar refractivity (Wildman–Crippen MR) is 77.8 cm³/mol. The van der Waals surface area contributed by atoms with Crippen molar-refractivity contribution < 1.29 is 0 Å². The van der Waals surface area contributed by atoms with E-state index < -0.39 is 0 Å². The van der Waals surface area contributed by atoms with E-state index in [1.54, 1.807) is 0 Å². The van der Waals surface area contributed by atoms with Gasteiger partial charge in [-0.2, -0.15) is 0 Å². The van der Waals surface area contributed by atoms with Gasteiger partial charge in [0.05, 0.1) is 0 Å². The number of hydrogen-bond acceptors (Lipinski definition) is 2. The SMILES string of the molecule is Cc1cc(Cl)ccc1NCc1ccc(CN)cc1. The lowest BCUT2D eigenvalue weighted by atomic mass is 10.1. The smallest absolute Gasteiger partial charge is 0.0410 e. The number of anilines is 1. The number of hydrogen-bond donors (Lipinski definition) is 2. The lowest BCUT2D eigenvalue weighted by molar-refractivity contribution is 1.06. The minimum absolute atomic E-state index is 0.587. The van der Waals surface area contributed by atoms with E-state index in [9.17, 15) is 0 Å². The molecule has 0 amide bonds. The van der Waals surface area contributed by atoms with E-state index in [0.29, 0.717) is 6.54 Å². The molecule has 0 aliphatic carbocycles. The third-order valence-corrected chi connectivity index (χ3v) is 3.17. The van der Waals surface area contributed by atoms with Gasteiger partial charge in [0.2, 0.25) is 0 Å². The molecule has 0 saturated heterocycles. The van der Waals surface area contributed by atoms with Gasteiger partial charge in [-0.1, -0.05) is 35.9 Å². The number of nitrogens with two attached hydrogens (primary N) is 1. The summed E-state index contributed by atoms with van der Waals surface area (Å²) in [6.07, 6.45) is 0. The van der Waals surface area contributed by atoms with Crippen LogP contribution in [0.3, 0.4) is 0 Å². The van der Waals surface area contributed by atoms with Crippen molar-refractivity contribution in [2.75, 3.05) is 5.32 Å². The number of halogens is 1. The first kappa shape index (κ1) is 12.9. The normalized spacial score (nSPS) is 10.4. The molecule has 0 unspecified atom stereocenters. The van der Waals surface area contributed by atoms with Crippen molar-refractivity contribution in [3.8, 4) is 0 Å². The van der Waals surface area contributed by atoms with E-state index in [1.807, 2.05) is 25.1 Å². The molecule has 0 atom stereocenters. The Bertz CT molecular complexity index is 521. The molecule has 0 aliphatic rings. The van der Waals surface area contributed by atoms with Crippen molar-refractivity contribution in [3.05, 3.63) is 64.2 Å². The van der Waals surface area contributed by atoms with Gasteiger partial charge < -0.3 is 11.1 Å². The van der Waals surface area contributed by atoms with Crippen LogP contribution in [0, 0.1) is 6.92 Å². The molecule has 0 radical (unpaired) electrons. The third kappa shape index (κ3) is 3.25. The molecule has 0 spiro atoms. The second kappa shape index (κ2) is 5.89. The van der Waals surface area contributed by atoms with Crippen molar-refractivity contribution in [3.63, 3.8) is 0 Å². The van der Waals surface area contributed by atoms with Gasteiger partial charge in [0.15, 0.2) is 0 Å². The molecule has 0 aliphatic heterocycles. The van der Waals surface area contributed by atoms with Crippen molar-refractivity contribution in [2.45, 2.75) is 20.0 Å². The molecule has 0 aromatic heterocycles. The Kier molecular flexibility index (Phi) is 4.24. The molecular formula is C15H17ClN2. The Hall–Kier alpha value is -1.51. The Labute approximate surface area is 113 Å². The Morgan fingerprint density at radius 1 is 1.06 bits per heavy atom. The summed E-state index contributed by atoms with van der Waals surface area (Å²) in [6, 6.07) is 14.2. The second-order valence-corrected chi connectivity index (χ2v) is 4.77. The van der Waals surface area contributed by atoms with E-state index in [4.69, 9.17) is 17.3 Å².